The molecule has 4 atom stereocenters. The van der Waals surface area contributed by atoms with Gasteiger partial charge in [0.2, 0.25) is 0 Å². The third-order valence-corrected chi connectivity index (χ3v) is 6.89. The first-order valence-electron chi connectivity index (χ1n) is 9.62. The molecule has 0 aliphatic carbocycles. The number of carboxylic acid groups (broad SMARTS) is 1. The van der Waals surface area contributed by atoms with Gasteiger partial charge in [-0.05, 0) is 24.0 Å². The van der Waals surface area contributed by atoms with Gasteiger partial charge in [-0.2, -0.15) is 0 Å². The summed E-state index contributed by atoms with van der Waals surface area (Å²) < 4.78 is 5.29. The molecule has 160 valence electrons. The summed E-state index contributed by atoms with van der Waals surface area (Å²) in [5.41, 5.74) is -1.05. The van der Waals surface area contributed by atoms with Gasteiger partial charge < -0.3 is 15.2 Å². The highest BCUT2D eigenvalue weighted by Crippen LogP contribution is 2.61. The Kier molecular flexibility index (Phi) is 4.91. The van der Waals surface area contributed by atoms with E-state index >= 15 is 0 Å². The molecular formula is C21H22Cl2N2O5. The van der Waals surface area contributed by atoms with E-state index in [4.69, 9.17) is 27.9 Å². The SMILES string of the molecule is C=CCOC(=O)[C@@H]1[C@H](C(=O)O)[C@@H]2CC(C)(C)CN2C12C(=O)Nc1c(Cl)cc(Cl)cc12. The lowest BCUT2D eigenvalue weighted by Crippen LogP contribution is -2.54. The van der Waals surface area contributed by atoms with Crippen LogP contribution >= 0.6 is 23.2 Å². The molecule has 30 heavy (non-hydrogen) atoms. The van der Waals surface area contributed by atoms with Gasteiger partial charge in [-0.15, -0.1) is 0 Å². The van der Waals surface area contributed by atoms with E-state index in [0.29, 0.717) is 29.2 Å². The monoisotopic (exact) mass is 452 g/mol. The second kappa shape index (κ2) is 6.97. The molecule has 2 fully saturated rings. The van der Waals surface area contributed by atoms with E-state index in [1.54, 1.807) is 6.07 Å². The van der Waals surface area contributed by atoms with Crippen LogP contribution in [0.3, 0.4) is 0 Å². The number of amides is 1. The maximum atomic E-state index is 13.6. The highest BCUT2D eigenvalue weighted by atomic mass is 35.5. The van der Waals surface area contributed by atoms with Crippen molar-refractivity contribution in [3.63, 3.8) is 0 Å². The van der Waals surface area contributed by atoms with Crippen LogP contribution in [-0.4, -0.2) is 47.0 Å². The maximum absolute atomic E-state index is 13.6. The molecule has 4 rings (SSSR count). The van der Waals surface area contributed by atoms with Crippen LogP contribution < -0.4 is 5.32 Å². The predicted molar refractivity (Wildman–Crippen MR) is 111 cm³/mol. The largest absolute Gasteiger partial charge is 0.481 e. The number of carbonyl (C=O) groups excluding carboxylic acids is 2. The summed E-state index contributed by atoms with van der Waals surface area (Å²) in [5.74, 6) is -4.78. The summed E-state index contributed by atoms with van der Waals surface area (Å²) in [5, 5.41) is 13.4. The number of rotatable bonds is 4. The molecule has 1 aromatic rings. The molecule has 1 unspecified atom stereocenters. The lowest BCUT2D eigenvalue weighted by atomic mass is 9.72. The Morgan fingerprint density at radius 1 is 1.40 bits per heavy atom. The van der Waals surface area contributed by atoms with Crippen molar-refractivity contribution in [2.75, 3.05) is 18.5 Å². The zero-order chi connectivity index (χ0) is 22.0. The van der Waals surface area contributed by atoms with E-state index in [9.17, 15) is 19.5 Å². The molecule has 2 N–H and O–H groups in total. The van der Waals surface area contributed by atoms with Gasteiger partial charge in [-0.3, -0.25) is 19.3 Å². The van der Waals surface area contributed by atoms with Crippen molar-refractivity contribution in [2.45, 2.75) is 31.8 Å². The number of benzene rings is 1. The summed E-state index contributed by atoms with van der Waals surface area (Å²) in [6.45, 7) is 7.92. The number of ether oxygens (including phenoxy) is 1. The van der Waals surface area contributed by atoms with Crippen molar-refractivity contribution in [1.82, 2.24) is 4.90 Å². The number of halogens is 2. The van der Waals surface area contributed by atoms with E-state index in [1.165, 1.54) is 12.1 Å². The molecule has 7 nitrogen and oxygen atoms in total. The van der Waals surface area contributed by atoms with Gasteiger partial charge in [0.25, 0.3) is 5.91 Å². The Balaban J connectivity index is 1.99. The van der Waals surface area contributed by atoms with Gasteiger partial charge in [0.1, 0.15) is 18.1 Å². The van der Waals surface area contributed by atoms with Crippen molar-refractivity contribution in [3.8, 4) is 0 Å². The van der Waals surface area contributed by atoms with Crippen molar-refractivity contribution >= 4 is 46.7 Å². The topological polar surface area (TPSA) is 95.9 Å². The third-order valence-electron chi connectivity index (χ3n) is 6.37. The Morgan fingerprint density at radius 3 is 2.73 bits per heavy atom. The molecule has 0 saturated carbocycles. The summed E-state index contributed by atoms with van der Waals surface area (Å²) in [7, 11) is 0. The first-order valence-corrected chi connectivity index (χ1v) is 10.4. The van der Waals surface area contributed by atoms with E-state index in [0.717, 1.165) is 0 Å². The second-order valence-corrected chi connectivity index (χ2v) is 9.70. The van der Waals surface area contributed by atoms with Crippen LogP contribution in [0.25, 0.3) is 0 Å². The molecule has 3 aliphatic heterocycles. The van der Waals surface area contributed by atoms with Gasteiger partial charge in [-0.1, -0.05) is 49.7 Å². The van der Waals surface area contributed by atoms with Gasteiger partial charge in [0.05, 0.1) is 16.6 Å². The molecule has 2 saturated heterocycles. The van der Waals surface area contributed by atoms with E-state index in [1.807, 2.05) is 18.7 Å². The average molecular weight is 453 g/mol. The number of anilines is 1. The van der Waals surface area contributed by atoms with Crippen molar-refractivity contribution in [2.24, 2.45) is 17.3 Å². The van der Waals surface area contributed by atoms with E-state index in [2.05, 4.69) is 11.9 Å². The summed E-state index contributed by atoms with van der Waals surface area (Å²) >= 11 is 12.6. The molecule has 0 aromatic heterocycles. The molecular weight excluding hydrogens is 431 g/mol. The second-order valence-electron chi connectivity index (χ2n) is 8.85. The Hall–Kier alpha value is -2.09. The van der Waals surface area contributed by atoms with Crippen LogP contribution in [0.4, 0.5) is 5.69 Å². The van der Waals surface area contributed by atoms with Crippen molar-refractivity contribution in [3.05, 3.63) is 40.4 Å². The minimum absolute atomic E-state index is 0.0846. The Labute approximate surface area is 184 Å². The van der Waals surface area contributed by atoms with Crippen molar-refractivity contribution in [1.29, 1.82) is 0 Å². The van der Waals surface area contributed by atoms with Crippen LogP contribution in [-0.2, 0) is 24.7 Å². The fourth-order valence-electron chi connectivity index (χ4n) is 5.47. The first-order chi connectivity index (χ1) is 14.0. The van der Waals surface area contributed by atoms with Gasteiger partial charge in [0, 0.05) is 23.2 Å². The number of hydrogen-bond acceptors (Lipinski definition) is 5. The van der Waals surface area contributed by atoms with Gasteiger partial charge in [0.15, 0.2) is 0 Å². The average Bonchev–Trinajstić information content (AvgIpc) is 3.20. The van der Waals surface area contributed by atoms with Crippen LogP contribution in [0.15, 0.2) is 24.8 Å². The minimum Gasteiger partial charge on any atom is -0.481 e. The summed E-state index contributed by atoms with van der Waals surface area (Å²) in [6, 6.07) is 2.57. The van der Waals surface area contributed by atoms with Crippen LogP contribution in [0.1, 0.15) is 25.8 Å². The molecule has 1 amide bonds. The number of nitrogens with zero attached hydrogens (tertiary/aromatic N) is 1. The highest BCUT2D eigenvalue weighted by Gasteiger charge is 2.73. The van der Waals surface area contributed by atoms with E-state index in [-0.39, 0.29) is 17.0 Å². The number of carboxylic acids is 1. The Morgan fingerprint density at radius 2 is 2.10 bits per heavy atom. The zero-order valence-corrected chi connectivity index (χ0v) is 18.1. The fraction of sp³-hybridized carbons (Fsp3) is 0.476. The molecule has 1 aromatic carbocycles. The van der Waals surface area contributed by atoms with Gasteiger partial charge in [-0.25, -0.2) is 0 Å². The summed E-state index contributed by atoms with van der Waals surface area (Å²) in [6.07, 6.45) is 1.92. The fourth-order valence-corrected chi connectivity index (χ4v) is 6.01. The quantitative estimate of drug-likeness (QED) is 0.537. The number of carbonyl (C=O) groups is 3. The smallest absolute Gasteiger partial charge is 0.313 e. The van der Waals surface area contributed by atoms with Gasteiger partial charge >= 0.3 is 11.9 Å². The Bertz CT molecular complexity index is 978. The molecule has 3 aliphatic rings. The number of hydrogen-bond donors (Lipinski definition) is 2. The maximum Gasteiger partial charge on any atom is 0.313 e. The van der Waals surface area contributed by atoms with Crippen LogP contribution in [0.2, 0.25) is 10.0 Å². The normalized spacial score (nSPS) is 31.3. The molecule has 1 spiro atoms. The third kappa shape index (κ3) is 2.79. The lowest BCUT2D eigenvalue weighted by Gasteiger charge is -2.37. The highest BCUT2D eigenvalue weighted by molar-refractivity contribution is 6.38. The molecule has 9 heteroatoms. The number of nitrogens with one attached hydrogen (secondary N) is 1. The molecule has 3 heterocycles. The zero-order valence-electron chi connectivity index (χ0n) is 16.6. The number of fused-ring (bicyclic) bond motifs is 4. The number of esters is 1. The van der Waals surface area contributed by atoms with Crippen LogP contribution in [0, 0.1) is 17.3 Å². The first kappa shape index (κ1) is 21.2. The van der Waals surface area contributed by atoms with Crippen molar-refractivity contribution < 1.29 is 24.2 Å². The molecule has 0 bridgehead atoms. The lowest BCUT2D eigenvalue weighted by molar-refractivity contribution is -0.160. The van der Waals surface area contributed by atoms with Crippen LogP contribution in [0.5, 0.6) is 0 Å². The minimum atomic E-state index is -1.57. The molecule has 0 radical (unpaired) electrons. The standard InChI is InChI=1S/C21H22Cl2N2O5/c1-4-5-30-18(28)15-14(17(26)27)13-8-20(2,3)9-25(13)21(15)11-6-10(22)7-12(23)16(11)24-19(21)29/h4,6-7,13-15H,1,5,8-9H2,2-3H3,(H,24,29)(H,26,27)/t13-,14+,15-,21?/m0/s1. The predicted octanol–water partition coefficient (Wildman–Crippen LogP) is 3.30. The summed E-state index contributed by atoms with van der Waals surface area (Å²) in [4.78, 5) is 41.0. The van der Waals surface area contributed by atoms with E-state index < -0.39 is 41.3 Å². The number of aliphatic carboxylic acids is 1.